The van der Waals surface area contributed by atoms with Crippen LogP contribution in [0.5, 0.6) is 0 Å². The van der Waals surface area contributed by atoms with E-state index < -0.39 is 0 Å². The fourth-order valence-electron chi connectivity index (χ4n) is 3.79. The molecule has 0 bridgehead atoms. The summed E-state index contributed by atoms with van der Waals surface area (Å²) >= 11 is 6.22. The van der Waals surface area contributed by atoms with Gasteiger partial charge in [0, 0.05) is 42.8 Å². The predicted octanol–water partition coefficient (Wildman–Crippen LogP) is 4.97. The minimum absolute atomic E-state index is 0.0552. The molecule has 3 aromatic rings. The summed E-state index contributed by atoms with van der Waals surface area (Å²) in [7, 11) is 0. The number of anilines is 1. The molecule has 0 atom stereocenters. The molecule has 2 heterocycles. The number of piperazine rings is 1. The van der Waals surface area contributed by atoms with Crippen LogP contribution in [0.4, 0.5) is 5.69 Å². The van der Waals surface area contributed by atoms with E-state index in [1.807, 2.05) is 24.0 Å². The highest BCUT2D eigenvalue weighted by Crippen LogP contribution is 2.32. The van der Waals surface area contributed by atoms with E-state index in [-0.39, 0.29) is 5.91 Å². The lowest BCUT2D eigenvalue weighted by Crippen LogP contribution is -2.49. The number of amides is 1. The molecule has 2 aromatic carbocycles. The van der Waals surface area contributed by atoms with Crippen LogP contribution in [0.15, 0.2) is 40.8 Å². The number of furan rings is 1. The average Bonchev–Trinajstić information content (AvgIpc) is 3.02. The van der Waals surface area contributed by atoms with E-state index in [1.165, 1.54) is 16.8 Å². The van der Waals surface area contributed by atoms with Crippen LogP contribution in [0.2, 0.25) is 5.02 Å². The van der Waals surface area contributed by atoms with Gasteiger partial charge in [-0.3, -0.25) is 4.79 Å². The molecule has 5 heteroatoms. The predicted molar refractivity (Wildman–Crippen MR) is 110 cm³/mol. The number of hydrogen-bond acceptors (Lipinski definition) is 3. The van der Waals surface area contributed by atoms with Crippen molar-refractivity contribution in [1.29, 1.82) is 0 Å². The monoisotopic (exact) mass is 382 g/mol. The molecular weight excluding hydrogens is 360 g/mol. The minimum Gasteiger partial charge on any atom is -0.449 e. The van der Waals surface area contributed by atoms with Gasteiger partial charge in [0.05, 0.1) is 5.02 Å². The number of carbonyl (C=O) groups excluding carboxylic acids is 1. The maximum absolute atomic E-state index is 13.0. The molecule has 0 aliphatic carbocycles. The Balaban J connectivity index is 1.53. The van der Waals surface area contributed by atoms with Gasteiger partial charge < -0.3 is 14.2 Å². The molecule has 1 aromatic heterocycles. The largest absolute Gasteiger partial charge is 0.449 e. The molecule has 1 saturated heterocycles. The summed E-state index contributed by atoms with van der Waals surface area (Å²) in [4.78, 5) is 17.3. The number of para-hydroxylation sites is 1. The third kappa shape index (κ3) is 3.08. The smallest absolute Gasteiger partial charge is 0.290 e. The van der Waals surface area contributed by atoms with Gasteiger partial charge in [0.15, 0.2) is 11.3 Å². The lowest BCUT2D eigenvalue weighted by Gasteiger charge is -2.36. The zero-order valence-corrected chi connectivity index (χ0v) is 16.6. The van der Waals surface area contributed by atoms with Gasteiger partial charge in [-0.15, -0.1) is 0 Å². The lowest BCUT2D eigenvalue weighted by molar-refractivity contribution is 0.0716. The van der Waals surface area contributed by atoms with E-state index in [4.69, 9.17) is 16.0 Å². The molecule has 1 aliphatic rings. The number of halogens is 1. The molecule has 0 radical (unpaired) electrons. The fourth-order valence-corrected chi connectivity index (χ4v) is 4.00. The number of nitrogens with zero attached hydrogens (tertiary/aromatic N) is 2. The number of rotatable bonds is 2. The van der Waals surface area contributed by atoms with Crippen LogP contribution < -0.4 is 4.90 Å². The van der Waals surface area contributed by atoms with E-state index in [9.17, 15) is 4.79 Å². The van der Waals surface area contributed by atoms with E-state index >= 15 is 0 Å². The quantitative estimate of drug-likeness (QED) is 0.627. The van der Waals surface area contributed by atoms with Crippen molar-refractivity contribution in [2.45, 2.75) is 20.8 Å². The molecule has 4 rings (SSSR count). The van der Waals surface area contributed by atoms with Gasteiger partial charge in [0.1, 0.15) is 0 Å². The SMILES string of the molecule is Cc1cccc(N2CCN(C(=O)c3oc4c(Cl)cccc4c3C)CC2)c1C. The van der Waals surface area contributed by atoms with Crippen LogP contribution in [0.1, 0.15) is 27.2 Å². The van der Waals surface area contributed by atoms with Gasteiger partial charge in [0.2, 0.25) is 0 Å². The maximum atomic E-state index is 13.0. The van der Waals surface area contributed by atoms with Crippen molar-refractivity contribution in [2.24, 2.45) is 0 Å². The summed E-state index contributed by atoms with van der Waals surface area (Å²) in [5.74, 6) is 0.346. The number of aryl methyl sites for hydroxylation is 2. The fraction of sp³-hybridized carbons (Fsp3) is 0.318. The highest BCUT2D eigenvalue weighted by atomic mass is 35.5. The van der Waals surface area contributed by atoms with Crippen molar-refractivity contribution in [1.82, 2.24) is 4.90 Å². The molecule has 0 saturated carbocycles. The second kappa shape index (κ2) is 6.93. The molecule has 1 fully saturated rings. The van der Waals surface area contributed by atoms with Gasteiger partial charge in [0.25, 0.3) is 5.91 Å². The number of benzene rings is 2. The first-order valence-electron chi connectivity index (χ1n) is 9.25. The maximum Gasteiger partial charge on any atom is 0.290 e. The van der Waals surface area contributed by atoms with Gasteiger partial charge >= 0.3 is 0 Å². The van der Waals surface area contributed by atoms with Gasteiger partial charge in [-0.2, -0.15) is 0 Å². The van der Waals surface area contributed by atoms with Crippen molar-refractivity contribution >= 4 is 34.2 Å². The molecule has 1 amide bonds. The van der Waals surface area contributed by atoms with E-state index in [2.05, 4.69) is 36.9 Å². The third-order valence-electron chi connectivity index (χ3n) is 5.59. The molecule has 140 valence electrons. The van der Waals surface area contributed by atoms with Crippen molar-refractivity contribution in [3.8, 4) is 0 Å². The van der Waals surface area contributed by atoms with Crippen molar-refractivity contribution in [3.63, 3.8) is 0 Å². The Morgan fingerprint density at radius 1 is 0.963 bits per heavy atom. The van der Waals surface area contributed by atoms with Crippen LogP contribution in [-0.4, -0.2) is 37.0 Å². The number of hydrogen-bond donors (Lipinski definition) is 0. The van der Waals surface area contributed by atoms with E-state index in [0.717, 1.165) is 24.0 Å². The van der Waals surface area contributed by atoms with Crippen molar-refractivity contribution < 1.29 is 9.21 Å². The zero-order chi connectivity index (χ0) is 19.1. The second-order valence-corrected chi connectivity index (χ2v) is 7.58. The Hall–Kier alpha value is -2.46. The summed E-state index contributed by atoms with van der Waals surface area (Å²) in [5, 5.41) is 1.44. The van der Waals surface area contributed by atoms with Crippen LogP contribution in [0, 0.1) is 20.8 Å². The molecular formula is C22H23ClN2O2. The molecule has 4 nitrogen and oxygen atoms in total. The Kier molecular flexibility index (Phi) is 4.60. The lowest BCUT2D eigenvalue weighted by atomic mass is 10.1. The summed E-state index contributed by atoms with van der Waals surface area (Å²) in [6, 6.07) is 12.0. The molecule has 27 heavy (non-hydrogen) atoms. The van der Waals surface area contributed by atoms with Crippen LogP contribution in [0.25, 0.3) is 11.0 Å². The van der Waals surface area contributed by atoms with E-state index in [0.29, 0.717) is 29.5 Å². The summed E-state index contributed by atoms with van der Waals surface area (Å²) in [6.45, 7) is 9.19. The van der Waals surface area contributed by atoms with Crippen LogP contribution in [0.3, 0.4) is 0 Å². The minimum atomic E-state index is -0.0552. The molecule has 0 N–H and O–H groups in total. The van der Waals surface area contributed by atoms with Gasteiger partial charge in [-0.05, 0) is 44.0 Å². The topological polar surface area (TPSA) is 36.7 Å². The summed E-state index contributed by atoms with van der Waals surface area (Å²) in [5.41, 5.74) is 5.30. The average molecular weight is 383 g/mol. The number of fused-ring (bicyclic) bond motifs is 1. The Bertz CT molecular complexity index is 1020. The molecule has 0 unspecified atom stereocenters. The van der Waals surface area contributed by atoms with Crippen LogP contribution >= 0.6 is 11.6 Å². The first kappa shape index (κ1) is 17.9. The zero-order valence-electron chi connectivity index (χ0n) is 15.9. The first-order chi connectivity index (χ1) is 13.0. The Labute approximate surface area is 164 Å². The Morgan fingerprint density at radius 2 is 1.67 bits per heavy atom. The number of carbonyl (C=O) groups is 1. The highest BCUT2D eigenvalue weighted by Gasteiger charge is 2.27. The van der Waals surface area contributed by atoms with E-state index in [1.54, 1.807) is 6.07 Å². The molecule has 0 spiro atoms. The summed E-state index contributed by atoms with van der Waals surface area (Å²) in [6.07, 6.45) is 0. The first-order valence-corrected chi connectivity index (χ1v) is 9.63. The van der Waals surface area contributed by atoms with Crippen molar-refractivity contribution in [2.75, 3.05) is 31.1 Å². The normalized spacial score (nSPS) is 14.8. The summed E-state index contributed by atoms with van der Waals surface area (Å²) < 4.78 is 5.85. The van der Waals surface area contributed by atoms with Gasteiger partial charge in [-0.1, -0.05) is 35.9 Å². The van der Waals surface area contributed by atoms with Crippen LogP contribution in [-0.2, 0) is 0 Å². The van der Waals surface area contributed by atoms with Crippen molar-refractivity contribution in [3.05, 3.63) is 63.9 Å². The highest BCUT2D eigenvalue weighted by molar-refractivity contribution is 6.35. The standard InChI is InChI=1S/C22H23ClN2O2/c1-14-6-4-9-19(15(14)2)24-10-12-25(13-11-24)22(26)20-16(3)17-7-5-8-18(23)21(17)27-20/h4-9H,10-13H2,1-3H3. The van der Waals surface area contributed by atoms with Gasteiger partial charge in [-0.25, -0.2) is 0 Å². The third-order valence-corrected chi connectivity index (χ3v) is 5.89. The molecule has 1 aliphatic heterocycles. The Morgan fingerprint density at radius 3 is 2.37 bits per heavy atom. The second-order valence-electron chi connectivity index (χ2n) is 7.17.